The van der Waals surface area contributed by atoms with Gasteiger partial charge in [0.05, 0.1) is 39.9 Å². The van der Waals surface area contributed by atoms with Crippen molar-refractivity contribution < 1.29 is 32.9 Å². The van der Waals surface area contributed by atoms with Gasteiger partial charge in [-0.05, 0) is 57.8 Å². The van der Waals surface area contributed by atoms with Crippen LogP contribution in [0.4, 0.5) is 0 Å². The highest BCUT2D eigenvalue weighted by Gasteiger charge is 2.23. The van der Waals surface area contributed by atoms with Gasteiger partial charge in [-0.1, -0.05) is 140 Å². The Hall–Kier alpha value is -1.28. The molecule has 294 valence electrons. The molecule has 2 N–H and O–H groups in total. The molecule has 9 heteroatoms. The predicted molar refractivity (Wildman–Crippen MR) is 210 cm³/mol. The highest BCUT2D eigenvalue weighted by atomic mass is 31.2. The van der Waals surface area contributed by atoms with Crippen LogP contribution in [0.5, 0.6) is 0 Å². The van der Waals surface area contributed by atoms with E-state index >= 15 is 0 Å². The lowest BCUT2D eigenvalue weighted by Gasteiger charge is -2.29. The van der Waals surface area contributed by atoms with Crippen molar-refractivity contribution in [3.63, 3.8) is 0 Å². The fourth-order valence-electron chi connectivity index (χ4n) is 5.51. The standard InChI is InChI=1S/C41H79N2O6P/c1-6-8-10-12-14-16-18-20-21-23-25-27-29-31-33-35-41(45)42-39(38-49-50(46,47)48-37-36-43(3,4)5)40(44)34-32-30-28-26-24-22-19-17-15-13-11-9-7-2/h20-21,24,26,32,34,39-40,44H,6-19,22-23,25,27-31,33,35-38H2,1-5H3,(H-,42,45,46,47)/b21-20+,26-24+,34-32+/t39-,40+/m0/s1. The van der Waals surface area contributed by atoms with E-state index < -0.39 is 26.6 Å². The maximum absolute atomic E-state index is 12.8. The number of carbonyl (C=O) groups is 1. The highest BCUT2D eigenvalue weighted by Crippen LogP contribution is 2.38. The molecule has 0 aliphatic carbocycles. The molecular weight excluding hydrogens is 647 g/mol. The Morgan fingerprint density at radius 3 is 1.62 bits per heavy atom. The summed E-state index contributed by atoms with van der Waals surface area (Å²) in [5, 5.41) is 13.7. The molecule has 0 spiro atoms. The van der Waals surface area contributed by atoms with Gasteiger partial charge in [-0.25, -0.2) is 0 Å². The van der Waals surface area contributed by atoms with Gasteiger partial charge in [-0.15, -0.1) is 0 Å². The molecule has 1 unspecified atom stereocenters. The monoisotopic (exact) mass is 727 g/mol. The molecule has 0 rings (SSSR count). The van der Waals surface area contributed by atoms with Crippen molar-refractivity contribution in [2.75, 3.05) is 40.9 Å². The van der Waals surface area contributed by atoms with Crippen LogP contribution in [0.15, 0.2) is 36.5 Å². The number of hydrogen-bond donors (Lipinski definition) is 2. The zero-order valence-electron chi connectivity index (χ0n) is 33.1. The number of likely N-dealkylation sites (N-methyl/N-ethyl adjacent to an activating group) is 1. The quantitative estimate of drug-likeness (QED) is 0.0288. The second-order valence-corrected chi connectivity index (χ2v) is 16.4. The molecule has 3 atom stereocenters. The molecular formula is C41H79N2O6P. The van der Waals surface area contributed by atoms with Gasteiger partial charge in [-0.3, -0.25) is 9.36 Å². The fourth-order valence-corrected chi connectivity index (χ4v) is 6.24. The number of nitrogens with one attached hydrogen (secondary N) is 1. The largest absolute Gasteiger partial charge is 0.756 e. The number of phosphoric ester groups is 1. The van der Waals surface area contributed by atoms with Crippen LogP contribution >= 0.6 is 7.82 Å². The van der Waals surface area contributed by atoms with Crippen LogP contribution in [0.1, 0.15) is 168 Å². The van der Waals surface area contributed by atoms with Crippen LogP contribution in [-0.2, 0) is 18.4 Å². The number of amides is 1. The van der Waals surface area contributed by atoms with Crippen molar-refractivity contribution in [3.05, 3.63) is 36.5 Å². The number of quaternary nitrogens is 1. The lowest BCUT2D eigenvalue weighted by molar-refractivity contribution is -0.870. The van der Waals surface area contributed by atoms with E-state index in [4.69, 9.17) is 9.05 Å². The van der Waals surface area contributed by atoms with Crippen molar-refractivity contribution in [1.82, 2.24) is 5.32 Å². The lowest BCUT2D eigenvalue weighted by Crippen LogP contribution is -2.45. The number of unbranched alkanes of at least 4 members (excludes halogenated alkanes) is 19. The summed E-state index contributed by atoms with van der Waals surface area (Å²) in [6.07, 6.45) is 39.0. The van der Waals surface area contributed by atoms with Crippen molar-refractivity contribution >= 4 is 13.7 Å². The van der Waals surface area contributed by atoms with Crippen LogP contribution in [0.25, 0.3) is 0 Å². The van der Waals surface area contributed by atoms with Gasteiger partial charge < -0.3 is 28.8 Å². The second-order valence-electron chi connectivity index (χ2n) is 15.0. The van der Waals surface area contributed by atoms with E-state index in [1.165, 1.54) is 89.9 Å². The topological polar surface area (TPSA) is 108 Å². The molecule has 0 aromatic carbocycles. The molecule has 0 aromatic rings. The predicted octanol–water partition coefficient (Wildman–Crippen LogP) is 10.1. The molecule has 0 aliphatic rings. The van der Waals surface area contributed by atoms with Gasteiger partial charge >= 0.3 is 0 Å². The Kier molecular flexibility index (Phi) is 32.7. The van der Waals surface area contributed by atoms with E-state index in [1.54, 1.807) is 6.08 Å². The van der Waals surface area contributed by atoms with Crippen LogP contribution in [0.2, 0.25) is 0 Å². The lowest BCUT2D eigenvalue weighted by atomic mass is 10.1. The third-order valence-corrected chi connectivity index (χ3v) is 9.79. The molecule has 8 nitrogen and oxygen atoms in total. The van der Waals surface area contributed by atoms with Gasteiger partial charge in [0.25, 0.3) is 7.82 Å². The fraction of sp³-hybridized carbons (Fsp3) is 0.829. The molecule has 50 heavy (non-hydrogen) atoms. The third kappa shape index (κ3) is 35.1. The number of phosphoric acid groups is 1. The third-order valence-electron chi connectivity index (χ3n) is 8.82. The van der Waals surface area contributed by atoms with E-state index in [9.17, 15) is 19.4 Å². The SMILES string of the molecule is CCCCCCCC/C=C/CCCCCCCC(=O)N[C@@H](COP(=O)([O-])OCC[N+](C)(C)C)[C@H](O)/C=C/CC/C=C/CCCCCCCCC. The number of carbonyl (C=O) groups excluding carboxylic acids is 1. The van der Waals surface area contributed by atoms with Crippen LogP contribution in [0, 0.1) is 0 Å². The summed E-state index contributed by atoms with van der Waals surface area (Å²) >= 11 is 0. The average molecular weight is 727 g/mol. The number of rotatable bonds is 36. The zero-order chi connectivity index (χ0) is 37.2. The minimum atomic E-state index is -4.59. The van der Waals surface area contributed by atoms with Crippen LogP contribution in [-0.4, -0.2) is 68.5 Å². The van der Waals surface area contributed by atoms with Crippen LogP contribution in [0.3, 0.4) is 0 Å². The molecule has 0 aliphatic heterocycles. The molecule has 0 aromatic heterocycles. The first-order valence-electron chi connectivity index (χ1n) is 20.4. The zero-order valence-corrected chi connectivity index (χ0v) is 34.0. The van der Waals surface area contributed by atoms with Gasteiger partial charge in [0.15, 0.2) is 0 Å². The summed E-state index contributed by atoms with van der Waals surface area (Å²) in [5.41, 5.74) is 0. The van der Waals surface area contributed by atoms with Gasteiger partial charge in [0.1, 0.15) is 13.2 Å². The minimum Gasteiger partial charge on any atom is -0.756 e. The number of aliphatic hydroxyl groups is 1. The smallest absolute Gasteiger partial charge is 0.268 e. The number of hydrogen-bond acceptors (Lipinski definition) is 6. The molecule has 0 saturated carbocycles. The Morgan fingerprint density at radius 2 is 1.12 bits per heavy atom. The summed E-state index contributed by atoms with van der Waals surface area (Å²) in [6, 6.07) is -0.904. The second kappa shape index (κ2) is 33.5. The maximum atomic E-state index is 12.8. The van der Waals surface area contributed by atoms with Gasteiger partial charge in [0.2, 0.25) is 5.91 Å². The first kappa shape index (κ1) is 48.7. The molecule has 0 heterocycles. The van der Waals surface area contributed by atoms with Crippen molar-refractivity contribution in [2.24, 2.45) is 0 Å². The molecule has 0 saturated heterocycles. The van der Waals surface area contributed by atoms with E-state index in [2.05, 4.69) is 43.5 Å². The van der Waals surface area contributed by atoms with Crippen molar-refractivity contribution in [2.45, 2.75) is 180 Å². The summed E-state index contributed by atoms with van der Waals surface area (Å²) in [7, 11) is 1.23. The Morgan fingerprint density at radius 1 is 0.680 bits per heavy atom. The first-order chi connectivity index (χ1) is 24.0. The molecule has 0 radical (unpaired) electrons. The van der Waals surface area contributed by atoms with Crippen molar-refractivity contribution in [3.8, 4) is 0 Å². The Labute approximate surface area is 308 Å². The highest BCUT2D eigenvalue weighted by molar-refractivity contribution is 7.45. The number of nitrogens with zero attached hydrogens (tertiary/aromatic N) is 1. The summed E-state index contributed by atoms with van der Waals surface area (Å²) in [4.78, 5) is 25.2. The van der Waals surface area contributed by atoms with Crippen LogP contribution < -0.4 is 10.2 Å². The minimum absolute atomic E-state index is 0.00822. The normalized spacial score (nSPS) is 14.9. The number of aliphatic hydroxyl groups excluding tert-OH is 1. The maximum Gasteiger partial charge on any atom is 0.268 e. The van der Waals surface area contributed by atoms with E-state index in [1.807, 2.05) is 27.2 Å². The molecule has 0 bridgehead atoms. The van der Waals surface area contributed by atoms with Gasteiger partial charge in [-0.2, -0.15) is 0 Å². The molecule has 0 fully saturated rings. The molecule has 1 amide bonds. The number of allylic oxidation sites excluding steroid dienone is 5. The Bertz CT molecular complexity index is 917. The van der Waals surface area contributed by atoms with E-state index in [-0.39, 0.29) is 12.5 Å². The summed E-state index contributed by atoms with van der Waals surface area (Å²) < 4.78 is 23.1. The van der Waals surface area contributed by atoms with E-state index in [0.717, 1.165) is 57.8 Å². The first-order valence-corrected chi connectivity index (χ1v) is 21.8. The average Bonchev–Trinajstić information content (AvgIpc) is 3.06. The summed E-state index contributed by atoms with van der Waals surface area (Å²) in [5.74, 6) is -0.219. The van der Waals surface area contributed by atoms with Crippen molar-refractivity contribution in [1.29, 1.82) is 0 Å². The Balaban J connectivity index is 4.56. The van der Waals surface area contributed by atoms with E-state index in [0.29, 0.717) is 17.4 Å². The van der Waals surface area contributed by atoms with Gasteiger partial charge in [0, 0.05) is 6.42 Å². The summed E-state index contributed by atoms with van der Waals surface area (Å²) in [6.45, 7) is 4.58.